The Bertz CT molecular complexity index is 1220. The molecule has 0 fully saturated rings. The fourth-order valence-corrected chi connectivity index (χ4v) is 4.26. The predicted molar refractivity (Wildman–Crippen MR) is 105 cm³/mol. The molecule has 0 aliphatic carbocycles. The number of fused-ring (bicyclic) bond motifs is 2. The van der Waals surface area contributed by atoms with Crippen LogP contribution >= 0.6 is 31.9 Å². The number of hydrogen-bond donors (Lipinski definition) is 4. The molecule has 0 saturated heterocycles. The van der Waals surface area contributed by atoms with E-state index in [1.807, 2.05) is 6.07 Å². The topological polar surface area (TPSA) is 106 Å². The predicted octanol–water partition coefficient (Wildman–Crippen LogP) is 5.24. The molecule has 4 N–H and O–H groups in total. The molecule has 2 heterocycles. The summed E-state index contributed by atoms with van der Waals surface area (Å²) in [6, 6.07) is 8.25. The number of carbonyl (C=O) groups is 2. The molecule has 2 aromatic heterocycles. The zero-order valence-corrected chi connectivity index (χ0v) is 16.1. The molecule has 0 amide bonds. The first-order chi connectivity index (χ1) is 12.4. The van der Waals surface area contributed by atoms with Crippen molar-refractivity contribution in [1.29, 1.82) is 0 Å². The summed E-state index contributed by atoms with van der Waals surface area (Å²) in [5, 5.41) is 20.2. The number of aromatic amines is 2. The molecule has 2 aromatic carbocycles. The highest BCUT2D eigenvalue weighted by atomic mass is 79.9. The Kier molecular flexibility index (Phi) is 3.89. The maximum Gasteiger partial charge on any atom is 0.337 e. The average molecular weight is 478 g/mol. The van der Waals surface area contributed by atoms with Crippen LogP contribution < -0.4 is 0 Å². The smallest absolute Gasteiger partial charge is 0.337 e. The van der Waals surface area contributed by atoms with Crippen molar-refractivity contribution in [3.05, 3.63) is 56.6 Å². The van der Waals surface area contributed by atoms with Crippen LogP contribution in [-0.2, 0) is 0 Å². The van der Waals surface area contributed by atoms with Gasteiger partial charge in [0.2, 0.25) is 0 Å². The lowest BCUT2D eigenvalue weighted by Gasteiger charge is -2.07. The molecular formula is C18H10Br2N2O4. The van der Waals surface area contributed by atoms with Gasteiger partial charge in [0.1, 0.15) is 0 Å². The minimum Gasteiger partial charge on any atom is -0.478 e. The molecule has 0 radical (unpaired) electrons. The number of rotatable bonds is 3. The zero-order chi connectivity index (χ0) is 18.6. The van der Waals surface area contributed by atoms with Gasteiger partial charge >= 0.3 is 11.9 Å². The summed E-state index contributed by atoms with van der Waals surface area (Å²) in [6.07, 6.45) is 1.69. The molecule has 130 valence electrons. The molecule has 6 nitrogen and oxygen atoms in total. The lowest BCUT2D eigenvalue weighted by Crippen LogP contribution is -2.01. The van der Waals surface area contributed by atoms with Crippen molar-refractivity contribution < 1.29 is 19.8 Å². The van der Waals surface area contributed by atoms with Crippen molar-refractivity contribution >= 4 is 65.6 Å². The lowest BCUT2D eigenvalue weighted by molar-refractivity contribution is 0.0687. The van der Waals surface area contributed by atoms with Gasteiger partial charge in [0.25, 0.3) is 0 Å². The molecule has 26 heavy (non-hydrogen) atoms. The molecule has 0 atom stereocenters. The Hall–Kier alpha value is -2.58. The molecule has 0 spiro atoms. The third kappa shape index (κ3) is 2.45. The third-order valence-corrected chi connectivity index (χ3v) is 5.71. The Balaban J connectivity index is 2.05. The molecule has 0 aliphatic heterocycles. The van der Waals surface area contributed by atoms with Crippen LogP contribution in [0, 0.1) is 0 Å². The first kappa shape index (κ1) is 16.9. The maximum atomic E-state index is 12.0. The summed E-state index contributed by atoms with van der Waals surface area (Å²) in [5.41, 5.74) is 2.81. The summed E-state index contributed by atoms with van der Waals surface area (Å²) in [6.45, 7) is 0. The molecular weight excluding hydrogens is 468 g/mol. The van der Waals surface area contributed by atoms with Crippen molar-refractivity contribution in [2.45, 2.75) is 0 Å². The summed E-state index contributed by atoms with van der Waals surface area (Å²) < 4.78 is 1.27. The van der Waals surface area contributed by atoms with Crippen LogP contribution in [0.2, 0.25) is 0 Å². The second kappa shape index (κ2) is 6.00. The number of halogens is 2. The van der Waals surface area contributed by atoms with Crippen LogP contribution in [0.3, 0.4) is 0 Å². The van der Waals surface area contributed by atoms with Crippen LogP contribution in [0.4, 0.5) is 0 Å². The SMILES string of the molecule is O=C(O)c1ccc2[nH]c(-c3ccc4[nH]cc(Br)c4c3C(=O)O)c(Br)c2c1. The second-order valence-electron chi connectivity index (χ2n) is 5.73. The van der Waals surface area contributed by atoms with E-state index < -0.39 is 11.9 Å². The Labute approximate surface area is 163 Å². The van der Waals surface area contributed by atoms with Crippen LogP contribution in [0.5, 0.6) is 0 Å². The number of H-pyrrole nitrogens is 2. The first-order valence-corrected chi connectivity index (χ1v) is 9.05. The highest BCUT2D eigenvalue weighted by Crippen LogP contribution is 2.40. The maximum absolute atomic E-state index is 12.0. The van der Waals surface area contributed by atoms with Crippen LogP contribution in [0.1, 0.15) is 20.7 Å². The van der Waals surface area contributed by atoms with Gasteiger partial charge in [-0.05, 0) is 62.2 Å². The van der Waals surface area contributed by atoms with Crippen molar-refractivity contribution in [3.63, 3.8) is 0 Å². The normalized spacial score (nSPS) is 11.3. The molecule has 0 bridgehead atoms. The van der Waals surface area contributed by atoms with Gasteiger partial charge in [-0.25, -0.2) is 9.59 Å². The molecule has 4 rings (SSSR count). The summed E-state index contributed by atoms with van der Waals surface area (Å²) in [7, 11) is 0. The van der Waals surface area contributed by atoms with Crippen LogP contribution in [0.15, 0.2) is 45.5 Å². The number of aromatic nitrogens is 2. The fraction of sp³-hybridized carbons (Fsp3) is 0. The minimum atomic E-state index is -1.05. The van der Waals surface area contributed by atoms with Crippen molar-refractivity contribution in [1.82, 2.24) is 9.97 Å². The van der Waals surface area contributed by atoms with Gasteiger partial charge < -0.3 is 20.2 Å². The number of benzene rings is 2. The van der Waals surface area contributed by atoms with Gasteiger partial charge in [0.15, 0.2) is 0 Å². The number of carboxylic acids is 2. The Morgan fingerprint density at radius 3 is 2.38 bits per heavy atom. The standard InChI is InChI=1S/C18H10Br2N2O4/c19-10-6-21-12-4-2-8(13(14(10)12)18(25)26)16-15(20)9-5-7(17(23)24)1-3-11(9)22-16/h1-6,21-22H,(H,23,24)(H,25,26). The van der Waals surface area contributed by atoms with E-state index in [0.717, 1.165) is 0 Å². The number of carboxylic acid groups (broad SMARTS) is 2. The van der Waals surface area contributed by atoms with Gasteiger partial charge in [0, 0.05) is 38.0 Å². The van der Waals surface area contributed by atoms with E-state index >= 15 is 0 Å². The van der Waals surface area contributed by atoms with E-state index in [1.165, 1.54) is 6.07 Å². The summed E-state index contributed by atoms with van der Waals surface area (Å²) >= 11 is 6.88. The van der Waals surface area contributed by atoms with Crippen molar-refractivity contribution in [2.24, 2.45) is 0 Å². The highest BCUT2D eigenvalue weighted by Gasteiger charge is 2.22. The lowest BCUT2D eigenvalue weighted by atomic mass is 10.0. The first-order valence-electron chi connectivity index (χ1n) is 7.46. The van der Waals surface area contributed by atoms with Gasteiger partial charge in [0.05, 0.1) is 21.3 Å². The van der Waals surface area contributed by atoms with E-state index in [0.29, 0.717) is 42.0 Å². The summed E-state index contributed by atoms with van der Waals surface area (Å²) in [5.74, 6) is -2.08. The zero-order valence-electron chi connectivity index (χ0n) is 12.9. The van der Waals surface area contributed by atoms with Gasteiger partial charge in [-0.1, -0.05) is 0 Å². The van der Waals surface area contributed by atoms with Crippen molar-refractivity contribution in [3.8, 4) is 11.3 Å². The molecule has 0 aliphatic rings. The quantitative estimate of drug-likeness (QED) is 0.323. The average Bonchev–Trinajstić information content (AvgIpc) is 3.14. The molecule has 0 saturated carbocycles. The molecule has 0 unspecified atom stereocenters. The number of nitrogens with one attached hydrogen (secondary N) is 2. The van der Waals surface area contributed by atoms with E-state index in [1.54, 1.807) is 24.4 Å². The number of hydrogen-bond acceptors (Lipinski definition) is 2. The highest BCUT2D eigenvalue weighted by molar-refractivity contribution is 9.11. The molecule has 4 aromatic rings. The summed E-state index contributed by atoms with van der Waals surface area (Å²) in [4.78, 5) is 29.4. The third-order valence-electron chi connectivity index (χ3n) is 4.26. The van der Waals surface area contributed by atoms with Crippen molar-refractivity contribution in [2.75, 3.05) is 0 Å². The number of aromatic carboxylic acids is 2. The minimum absolute atomic E-state index is 0.154. The van der Waals surface area contributed by atoms with Gasteiger partial charge in [-0.2, -0.15) is 0 Å². The Morgan fingerprint density at radius 1 is 0.962 bits per heavy atom. The van der Waals surface area contributed by atoms with Gasteiger partial charge in [-0.3, -0.25) is 0 Å². The molecule has 8 heteroatoms. The van der Waals surface area contributed by atoms with E-state index in [2.05, 4.69) is 41.8 Å². The second-order valence-corrected chi connectivity index (χ2v) is 7.38. The van der Waals surface area contributed by atoms with E-state index in [4.69, 9.17) is 0 Å². The van der Waals surface area contributed by atoms with E-state index in [9.17, 15) is 19.8 Å². The van der Waals surface area contributed by atoms with E-state index in [-0.39, 0.29) is 11.1 Å². The van der Waals surface area contributed by atoms with Gasteiger partial charge in [-0.15, -0.1) is 0 Å². The largest absolute Gasteiger partial charge is 0.478 e. The van der Waals surface area contributed by atoms with Crippen LogP contribution in [-0.4, -0.2) is 32.1 Å². The fourth-order valence-electron chi connectivity index (χ4n) is 3.09. The Morgan fingerprint density at radius 2 is 1.69 bits per heavy atom. The monoisotopic (exact) mass is 476 g/mol. The van der Waals surface area contributed by atoms with Crippen LogP contribution in [0.25, 0.3) is 33.1 Å².